The van der Waals surface area contributed by atoms with Crippen LogP contribution in [0, 0.1) is 0 Å². The summed E-state index contributed by atoms with van der Waals surface area (Å²) in [6.45, 7) is 1.77. The normalized spacial score (nSPS) is 15.4. The number of carbonyl (C=O) groups excluding carboxylic acids is 1. The van der Waals surface area contributed by atoms with Gasteiger partial charge in [0.15, 0.2) is 0 Å². The van der Waals surface area contributed by atoms with Gasteiger partial charge in [-0.3, -0.25) is 4.79 Å². The number of carbonyl (C=O) groups is 1. The van der Waals surface area contributed by atoms with Crippen LogP contribution in [0.5, 0.6) is 0 Å². The summed E-state index contributed by atoms with van der Waals surface area (Å²) in [7, 11) is 0. The van der Waals surface area contributed by atoms with Crippen LogP contribution in [0.25, 0.3) is 17.4 Å². The molecule has 0 N–H and O–H groups in total. The second kappa shape index (κ2) is 7.47. The number of hydrogen-bond acceptors (Lipinski definition) is 3. The summed E-state index contributed by atoms with van der Waals surface area (Å²) < 4.78 is 5.86. The molecule has 2 heterocycles. The van der Waals surface area contributed by atoms with Crippen LogP contribution in [0.3, 0.4) is 0 Å². The Hall–Kier alpha value is -2.53. The van der Waals surface area contributed by atoms with Gasteiger partial charge in [0.25, 0.3) is 5.91 Å². The third-order valence-corrected chi connectivity index (χ3v) is 5.21. The number of benzene rings is 2. The van der Waals surface area contributed by atoms with Crippen molar-refractivity contribution in [3.8, 4) is 11.3 Å². The molecule has 0 saturated carbocycles. The van der Waals surface area contributed by atoms with Gasteiger partial charge in [-0.05, 0) is 55.5 Å². The fourth-order valence-corrected chi connectivity index (χ4v) is 3.33. The van der Waals surface area contributed by atoms with Crippen molar-refractivity contribution >= 4 is 58.2 Å². The molecule has 4 rings (SSSR count). The first kappa shape index (κ1) is 18.8. The molecule has 1 aliphatic heterocycles. The Labute approximate surface area is 176 Å². The van der Waals surface area contributed by atoms with Crippen molar-refractivity contribution in [1.29, 1.82) is 0 Å². The van der Waals surface area contributed by atoms with Gasteiger partial charge in [-0.25, -0.2) is 0 Å². The zero-order valence-electron chi connectivity index (χ0n) is 14.6. The highest BCUT2D eigenvalue weighted by molar-refractivity contribution is 6.42. The van der Waals surface area contributed by atoms with Gasteiger partial charge in [-0.15, -0.1) is 0 Å². The zero-order valence-corrected chi connectivity index (χ0v) is 16.9. The van der Waals surface area contributed by atoms with E-state index in [9.17, 15) is 4.79 Å². The van der Waals surface area contributed by atoms with E-state index < -0.39 is 0 Å². The van der Waals surface area contributed by atoms with Gasteiger partial charge < -0.3 is 4.42 Å². The average molecular weight is 432 g/mol. The van der Waals surface area contributed by atoms with Crippen LogP contribution in [0.4, 0.5) is 5.69 Å². The lowest BCUT2D eigenvalue weighted by Gasteiger charge is -2.12. The maximum Gasteiger partial charge on any atom is 0.280 e. The number of anilines is 1. The molecule has 0 aliphatic carbocycles. The molecule has 7 heteroatoms. The summed E-state index contributed by atoms with van der Waals surface area (Å²) in [6, 6.07) is 15.9. The molecule has 0 saturated heterocycles. The molecule has 3 aromatic rings. The predicted molar refractivity (Wildman–Crippen MR) is 114 cm³/mol. The van der Waals surface area contributed by atoms with Crippen molar-refractivity contribution in [2.75, 3.05) is 5.01 Å². The van der Waals surface area contributed by atoms with Gasteiger partial charge in [0.1, 0.15) is 11.5 Å². The van der Waals surface area contributed by atoms with Crippen molar-refractivity contribution in [3.63, 3.8) is 0 Å². The molecule has 0 bridgehead atoms. The molecule has 1 amide bonds. The maximum atomic E-state index is 12.8. The quantitative estimate of drug-likeness (QED) is 0.432. The number of rotatable bonds is 3. The number of nitrogens with zero attached hydrogens (tertiary/aromatic N) is 2. The fourth-order valence-electron chi connectivity index (χ4n) is 2.85. The van der Waals surface area contributed by atoms with Gasteiger partial charge in [0.2, 0.25) is 0 Å². The molecule has 2 aromatic carbocycles. The Balaban J connectivity index is 1.63. The molecule has 0 fully saturated rings. The molecule has 0 spiro atoms. The third-order valence-electron chi connectivity index (χ3n) is 4.23. The van der Waals surface area contributed by atoms with E-state index in [0.717, 1.165) is 5.56 Å². The summed E-state index contributed by atoms with van der Waals surface area (Å²) >= 11 is 18.0. The predicted octanol–water partition coefficient (Wildman–Crippen LogP) is 6.71. The Bertz CT molecular complexity index is 1150. The van der Waals surface area contributed by atoms with E-state index in [0.29, 0.717) is 43.6 Å². The largest absolute Gasteiger partial charge is 0.457 e. The third kappa shape index (κ3) is 3.59. The first-order chi connectivity index (χ1) is 13.4. The zero-order chi connectivity index (χ0) is 19.8. The van der Waals surface area contributed by atoms with Gasteiger partial charge in [-0.1, -0.05) is 46.9 Å². The van der Waals surface area contributed by atoms with Crippen LogP contribution in [-0.2, 0) is 4.79 Å². The lowest BCUT2D eigenvalue weighted by atomic mass is 10.1. The van der Waals surface area contributed by atoms with Crippen LogP contribution in [0.2, 0.25) is 15.1 Å². The SMILES string of the molecule is CC1=NN(c2ccc(Cl)c(Cl)c2)C(=O)C1=Cc1ccc(-c2cccc(Cl)c2)o1. The first-order valence-electron chi connectivity index (χ1n) is 8.35. The number of hydrazone groups is 1. The molecule has 0 atom stereocenters. The maximum absolute atomic E-state index is 12.8. The second-order valence-electron chi connectivity index (χ2n) is 6.17. The molecule has 0 unspecified atom stereocenters. The molecule has 1 aromatic heterocycles. The van der Waals surface area contributed by atoms with Gasteiger partial charge >= 0.3 is 0 Å². The van der Waals surface area contributed by atoms with E-state index in [1.165, 1.54) is 5.01 Å². The molecule has 140 valence electrons. The molecule has 0 radical (unpaired) electrons. The lowest BCUT2D eigenvalue weighted by Crippen LogP contribution is -2.21. The molecular formula is C21H13Cl3N2O2. The van der Waals surface area contributed by atoms with E-state index >= 15 is 0 Å². The van der Waals surface area contributed by atoms with Gasteiger partial charge in [0.05, 0.1) is 27.0 Å². The summed E-state index contributed by atoms with van der Waals surface area (Å²) in [4.78, 5) is 12.8. The minimum absolute atomic E-state index is 0.267. The van der Waals surface area contributed by atoms with Crippen LogP contribution in [0.1, 0.15) is 12.7 Å². The highest BCUT2D eigenvalue weighted by Crippen LogP contribution is 2.31. The number of halogens is 3. The Kier molecular flexibility index (Phi) is 5.02. The van der Waals surface area contributed by atoms with E-state index in [2.05, 4.69) is 5.10 Å². The summed E-state index contributed by atoms with van der Waals surface area (Å²) in [5, 5.41) is 7.03. The first-order valence-corrected chi connectivity index (χ1v) is 9.48. The minimum atomic E-state index is -0.267. The molecule has 1 aliphatic rings. The van der Waals surface area contributed by atoms with Crippen molar-refractivity contribution in [2.24, 2.45) is 5.10 Å². The van der Waals surface area contributed by atoms with Crippen LogP contribution in [-0.4, -0.2) is 11.6 Å². The monoisotopic (exact) mass is 430 g/mol. The average Bonchev–Trinajstić information content (AvgIpc) is 3.24. The van der Waals surface area contributed by atoms with Crippen LogP contribution < -0.4 is 5.01 Å². The van der Waals surface area contributed by atoms with Crippen molar-refractivity contribution in [3.05, 3.63) is 81.0 Å². The number of furan rings is 1. The number of amides is 1. The summed E-state index contributed by atoms with van der Waals surface area (Å²) in [5.74, 6) is 0.941. The minimum Gasteiger partial charge on any atom is -0.457 e. The van der Waals surface area contributed by atoms with Crippen molar-refractivity contribution in [1.82, 2.24) is 0 Å². The number of hydrogen-bond donors (Lipinski definition) is 0. The summed E-state index contributed by atoms with van der Waals surface area (Å²) in [5.41, 5.74) is 2.42. The van der Waals surface area contributed by atoms with Crippen molar-refractivity contribution < 1.29 is 9.21 Å². The van der Waals surface area contributed by atoms with E-state index in [4.69, 9.17) is 39.2 Å². The van der Waals surface area contributed by atoms with Gasteiger partial charge in [0, 0.05) is 10.6 Å². The molecule has 28 heavy (non-hydrogen) atoms. The van der Waals surface area contributed by atoms with Crippen LogP contribution >= 0.6 is 34.8 Å². The highest BCUT2D eigenvalue weighted by Gasteiger charge is 2.29. The summed E-state index contributed by atoms with van der Waals surface area (Å²) in [6.07, 6.45) is 1.67. The van der Waals surface area contributed by atoms with E-state index in [1.54, 1.807) is 43.3 Å². The fraction of sp³-hybridized carbons (Fsp3) is 0.0476. The molecule has 4 nitrogen and oxygen atoms in total. The lowest BCUT2D eigenvalue weighted by molar-refractivity contribution is -0.114. The Morgan fingerprint density at radius 3 is 2.57 bits per heavy atom. The van der Waals surface area contributed by atoms with E-state index in [1.807, 2.05) is 24.3 Å². The highest BCUT2D eigenvalue weighted by atomic mass is 35.5. The molecular weight excluding hydrogens is 419 g/mol. The standard InChI is InChI=1S/C21H13Cl3N2O2/c1-12-17(21(27)26(25-12)15-5-7-18(23)19(24)10-15)11-16-6-8-20(28-16)13-3-2-4-14(22)9-13/h2-11H,1H3. The smallest absolute Gasteiger partial charge is 0.280 e. The Morgan fingerprint density at radius 1 is 1.00 bits per heavy atom. The van der Waals surface area contributed by atoms with Crippen LogP contribution in [0.15, 0.2) is 69.7 Å². The van der Waals surface area contributed by atoms with Gasteiger partial charge in [-0.2, -0.15) is 10.1 Å². The van der Waals surface area contributed by atoms with E-state index in [-0.39, 0.29) is 5.91 Å². The second-order valence-corrected chi connectivity index (χ2v) is 7.42. The van der Waals surface area contributed by atoms with Crippen molar-refractivity contribution in [2.45, 2.75) is 6.92 Å². The Morgan fingerprint density at radius 2 is 1.82 bits per heavy atom. The topological polar surface area (TPSA) is 45.8 Å².